The van der Waals surface area contributed by atoms with Crippen molar-refractivity contribution in [2.45, 2.75) is 20.4 Å². The zero-order valence-corrected chi connectivity index (χ0v) is 16.7. The summed E-state index contributed by atoms with van der Waals surface area (Å²) in [6, 6.07) is 16.2. The Balaban J connectivity index is 1.82. The summed E-state index contributed by atoms with van der Waals surface area (Å²) in [4.78, 5) is 13.1. The summed E-state index contributed by atoms with van der Waals surface area (Å²) < 4.78 is 9.51. The first kappa shape index (κ1) is 18.3. The number of para-hydroxylation sites is 1. The molecule has 144 valence electrons. The van der Waals surface area contributed by atoms with E-state index in [0.29, 0.717) is 18.8 Å². The predicted molar refractivity (Wildman–Crippen MR) is 114 cm³/mol. The van der Waals surface area contributed by atoms with Crippen molar-refractivity contribution in [1.82, 2.24) is 9.13 Å². The van der Waals surface area contributed by atoms with Crippen molar-refractivity contribution in [3.8, 4) is 0 Å². The molecule has 5 heteroatoms. The summed E-state index contributed by atoms with van der Waals surface area (Å²) in [5.74, 6) is -0.111. The lowest BCUT2D eigenvalue weighted by atomic mass is 10.1. The Labute approximate surface area is 164 Å². The van der Waals surface area contributed by atoms with Gasteiger partial charge in [0.25, 0.3) is 5.91 Å². The second-order valence-corrected chi connectivity index (χ2v) is 7.24. The molecule has 4 aromatic rings. The topological polar surface area (TPSA) is 48.2 Å². The number of hydrogen-bond donors (Lipinski definition) is 1. The molecule has 1 amide bonds. The summed E-state index contributed by atoms with van der Waals surface area (Å²) in [6.07, 6.45) is 0. The number of carbonyl (C=O) groups is 1. The molecule has 0 atom stereocenters. The fraction of sp³-hybridized carbons (Fsp3) is 0.261. The highest BCUT2D eigenvalue weighted by Crippen LogP contribution is 2.31. The third-order valence-electron chi connectivity index (χ3n) is 5.48. The molecular formula is C23H25N3O2. The fourth-order valence-corrected chi connectivity index (χ4v) is 3.79. The number of rotatable bonds is 5. The number of benzene rings is 2. The van der Waals surface area contributed by atoms with E-state index in [9.17, 15) is 4.79 Å². The van der Waals surface area contributed by atoms with Gasteiger partial charge in [0.05, 0.1) is 23.2 Å². The first-order valence-corrected chi connectivity index (χ1v) is 9.45. The third kappa shape index (κ3) is 2.98. The van der Waals surface area contributed by atoms with Crippen molar-refractivity contribution in [3.05, 3.63) is 65.4 Å². The Hall–Kier alpha value is -3.05. The van der Waals surface area contributed by atoms with E-state index in [-0.39, 0.29) is 5.91 Å². The lowest BCUT2D eigenvalue weighted by Gasteiger charge is -2.12. The smallest absolute Gasteiger partial charge is 0.272 e. The van der Waals surface area contributed by atoms with Crippen LogP contribution >= 0.6 is 0 Å². The number of fused-ring (bicyclic) bond motifs is 3. The van der Waals surface area contributed by atoms with E-state index in [1.54, 1.807) is 7.11 Å². The largest absolute Gasteiger partial charge is 0.383 e. The van der Waals surface area contributed by atoms with Crippen LogP contribution in [-0.2, 0) is 18.3 Å². The van der Waals surface area contributed by atoms with Crippen molar-refractivity contribution in [1.29, 1.82) is 0 Å². The molecule has 0 fully saturated rings. The van der Waals surface area contributed by atoms with Gasteiger partial charge in [-0.05, 0) is 49.2 Å². The number of methoxy groups -OCH3 is 1. The summed E-state index contributed by atoms with van der Waals surface area (Å²) in [5.41, 5.74) is 7.08. The molecule has 0 aliphatic rings. The number of nitrogens with zero attached hydrogens (tertiary/aromatic N) is 2. The average molecular weight is 375 g/mol. The minimum atomic E-state index is -0.111. The standard InChI is InChI=1S/C23H25N3O2/c1-15-9-10-17(13-16(15)2)24-23(27)21-14-20-22(26(21)11-12-28-4)18-7-5-6-8-19(18)25(20)3/h5-10,13-14H,11-12H2,1-4H3,(H,24,27). The summed E-state index contributed by atoms with van der Waals surface area (Å²) in [5, 5.41) is 4.19. The van der Waals surface area contributed by atoms with Crippen molar-refractivity contribution >= 4 is 33.5 Å². The van der Waals surface area contributed by atoms with Crippen LogP contribution in [0.1, 0.15) is 21.6 Å². The Morgan fingerprint density at radius 2 is 1.82 bits per heavy atom. The van der Waals surface area contributed by atoms with Crippen LogP contribution in [-0.4, -0.2) is 28.8 Å². The molecule has 0 saturated carbocycles. The van der Waals surface area contributed by atoms with Crippen LogP contribution in [0.25, 0.3) is 21.9 Å². The van der Waals surface area contributed by atoms with Gasteiger partial charge in [-0.25, -0.2) is 0 Å². The quantitative estimate of drug-likeness (QED) is 0.552. The molecule has 5 nitrogen and oxygen atoms in total. The first-order chi connectivity index (χ1) is 13.5. The number of hydrogen-bond acceptors (Lipinski definition) is 2. The molecule has 1 N–H and O–H groups in total. The molecular weight excluding hydrogens is 350 g/mol. The normalized spacial score (nSPS) is 11.4. The lowest BCUT2D eigenvalue weighted by Crippen LogP contribution is -2.18. The molecule has 4 rings (SSSR count). The number of aromatic nitrogens is 2. The predicted octanol–water partition coefficient (Wildman–Crippen LogP) is 4.65. The summed E-state index contributed by atoms with van der Waals surface area (Å²) in [6.45, 7) is 5.27. The maximum absolute atomic E-state index is 13.1. The molecule has 28 heavy (non-hydrogen) atoms. The number of anilines is 1. The van der Waals surface area contributed by atoms with Gasteiger partial charge in [0.1, 0.15) is 5.69 Å². The van der Waals surface area contributed by atoms with Gasteiger partial charge < -0.3 is 19.2 Å². The zero-order chi connectivity index (χ0) is 19.8. The van der Waals surface area contributed by atoms with Crippen LogP contribution in [0.15, 0.2) is 48.5 Å². The highest BCUT2D eigenvalue weighted by Gasteiger charge is 2.20. The van der Waals surface area contributed by atoms with Gasteiger partial charge in [-0.1, -0.05) is 24.3 Å². The maximum atomic E-state index is 13.1. The van der Waals surface area contributed by atoms with Crippen molar-refractivity contribution in [2.75, 3.05) is 19.0 Å². The minimum Gasteiger partial charge on any atom is -0.383 e. The van der Waals surface area contributed by atoms with Gasteiger partial charge in [-0.3, -0.25) is 4.79 Å². The number of amides is 1. The second-order valence-electron chi connectivity index (χ2n) is 7.24. The Bertz CT molecular complexity index is 1180. The summed E-state index contributed by atoms with van der Waals surface area (Å²) >= 11 is 0. The van der Waals surface area contributed by atoms with E-state index in [1.807, 2.05) is 50.4 Å². The Morgan fingerprint density at radius 1 is 1.04 bits per heavy atom. The van der Waals surface area contributed by atoms with Gasteiger partial charge in [-0.2, -0.15) is 0 Å². The van der Waals surface area contributed by atoms with Crippen LogP contribution in [0.5, 0.6) is 0 Å². The molecule has 2 heterocycles. The van der Waals surface area contributed by atoms with E-state index in [1.165, 1.54) is 5.56 Å². The van der Waals surface area contributed by atoms with Gasteiger partial charge >= 0.3 is 0 Å². The first-order valence-electron chi connectivity index (χ1n) is 9.45. The van der Waals surface area contributed by atoms with Crippen LogP contribution in [0.3, 0.4) is 0 Å². The van der Waals surface area contributed by atoms with Gasteiger partial charge in [0, 0.05) is 31.8 Å². The number of ether oxygens (including phenoxy) is 1. The highest BCUT2D eigenvalue weighted by atomic mass is 16.5. The molecule has 2 aromatic carbocycles. The molecule has 2 aromatic heterocycles. The number of aryl methyl sites for hydroxylation is 3. The van der Waals surface area contributed by atoms with Crippen LogP contribution in [0, 0.1) is 13.8 Å². The highest BCUT2D eigenvalue weighted by molar-refractivity contribution is 6.12. The molecule has 0 spiro atoms. The zero-order valence-electron chi connectivity index (χ0n) is 16.7. The molecule has 0 unspecified atom stereocenters. The van der Waals surface area contributed by atoms with Crippen molar-refractivity contribution in [3.63, 3.8) is 0 Å². The van der Waals surface area contributed by atoms with Gasteiger partial charge in [0.15, 0.2) is 0 Å². The van der Waals surface area contributed by atoms with Crippen LogP contribution in [0.2, 0.25) is 0 Å². The lowest BCUT2D eigenvalue weighted by molar-refractivity contribution is 0.101. The van der Waals surface area contributed by atoms with E-state index >= 15 is 0 Å². The molecule has 0 bridgehead atoms. The third-order valence-corrected chi connectivity index (χ3v) is 5.48. The maximum Gasteiger partial charge on any atom is 0.272 e. The molecule has 0 saturated heterocycles. The van der Waals surface area contributed by atoms with E-state index in [2.05, 4.69) is 33.5 Å². The number of carbonyl (C=O) groups excluding carboxylic acids is 1. The van der Waals surface area contributed by atoms with Crippen LogP contribution < -0.4 is 5.32 Å². The molecule has 0 radical (unpaired) electrons. The molecule has 0 aliphatic carbocycles. The van der Waals surface area contributed by atoms with Crippen LogP contribution in [0.4, 0.5) is 5.69 Å². The van der Waals surface area contributed by atoms with E-state index in [0.717, 1.165) is 33.2 Å². The SMILES string of the molecule is COCCn1c(C(=O)Nc2ccc(C)c(C)c2)cc2c1c1ccccc1n2C. The minimum absolute atomic E-state index is 0.111. The molecule has 0 aliphatic heterocycles. The van der Waals surface area contributed by atoms with E-state index < -0.39 is 0 Å². The average Bonchev–Trinajstić information content (AvgIpc) is 3.20. The summed E-state index contributed by atoms with van der Waals surface area (Å²) in [7, 11) is 3.72. The van der Waals surface area contributed by atoms with Gasteiger partial charge in [-0.15, -0.1) is 0 Å². The van der Waals surface area contributed by atoms with Crippen molar-refractivity contribution in [2.24, 2.45) is 7.05 Å². The van der Waals surface area contributed by atoms with Gasteiger partial charge in [0.2, 0.25) is 0 Å². The Morgan fingerprint density at radius 3 is 2.57 bits per heavy atom. The van der Waals surface area contributed by atoms with Crippen molar-refractivity contribution < 1.29 is 9.53 Å². The monoisotopic (exact) mass is 375 g/mol. The fourth-order valence-electron chi connectivity index (χ4n) is 3.79. The van der Waals surface area contributed by atoms with E-state index in [4.69, 9.17) is 4.74 Å². The number of nitrogens with one attached hydrogen (secondary N) is 1. The Kier molecular flexibility index (Phi) is 4.69. The second kappa shape index (κ2) is 7.17.